The minimum atomic E-state index is -0.308. The lowest BCUT2D eigenvalue weighted by Gasteiger charge is -2.11. The smallest absolute Gasteiger partial charge is 0.274 e. The van der Waals surface area contributed by atoms with Gasteiger partial charge in [0.2, 0.25) is 5.95 Å². The average Bonchev–Trinajstić information content (AvgIpc) is 2.68. The first-order chi connectivity index (χ1) is 13.4. The molecule has 0 radical (unpaired) electrons. The van der Waals surface area contributed by atoms with Gasteiger partial charge in [-0.1, -0.05) is 32.0 Å². The SMILES string of the molecule is COc1cccc(NC(=O)c2cc(C)nc(Nc3ccc(C(C)C)cc3)n2)c1. The Morgan fingerprint density at radius 1 is 1.00 bits per heavy atom. The molecular weight excluding hydrogens is 352 g/mol. The minimum absolute atomic E-state index is 0.289. The molecule has 0 aliphatic rings. The maximum Gasteiger partial charge on any atom is 0.274 e. The van der Waals surface area contributed by atoms with Gasteiger partial charge in [-0.25, -0.2) is 9.97 Å². The molecule has 144 valence electrons. The molecule has 3 rings (SSSR count). The number of carbonyl (C=O) groups is 1. The molecule has 0 saturated heterocycles. The van der Waals surface area contributed by atoms with Gasteiger partial charge in [0.05, 0.1) is 7.11 Å². The first-order valence-corrected chi connectivity index (χ1v) is 9.12. The summed E-state index contributed by atoms with van der Waals surface area (Å²) in [6, 6.07) is 16.9. The molecule has 28 heavy (non-hydrogen) atoms. The van der Waals surface area contributed by atoms with Crippen molar-refractivity contribution in [1.29, 1.82) is 0 Å². The van der Waals surface area contributed by atoms with Crippen LogP contribution < -0.4 is 15.4 Å². The number of nitrogens with one attached hydrogen (secondary N) is 2. The third-order valence-electron chi connectivity index (χ3n) is 4.25. The van der Waals surface area contributed by atoms with Crippen LogP contribution in [0.4, 0.5) is 17.3 Å². The van der Waals surface area contributed by atoms with Crippen LogP contribution in [0.5, 0.6) is 5.75 Å². The number of methoxy groups -OCH3 is 1. The van der Waals surface area contributed by atoms with Gasteiger partial charge in [0.1, 0.15) is 11.4 Å². The van der Waals surface area contributed by atoms with Crippen LogP contribution in [-0.2, 0) is 0 Å². The second-order valence-electron chi connectivity index (χ2n) is 6.81. The number of hydrogen-bond donors (Lipinski definition) is 2. The van der Waals surface area contributed by atoms with Crippen molar-refractivity contribution in [2.75, 3.05) is 17.7 Å². The Balaban J connectivity index is 1.77. The van der Waals surface area contributed by atoms with Crippen molar-refractivity contribution < 1.29 is 9.53 Å². The molecule has 0 saturated carbocycles. The van der Waals surface area contributed by atoms with E-state index in [0.717, 1.165) is 5.69 Å². The number of rotatable bonds is 6. The van der Waals surface area contributed by atoms with Crippen molar-refractivity contribution in [1.82, 2.24) is 9.97 Å². The Bertz CT molecular complexity index is 969. The Morgan fingerprint density at radius 3 is 2.43 bits per heavy atom. The highest BCUT2D eigenvalue weighted by molar-refractivity contribution is 6.03. The summed E-state index contributed by atoms with van der Waals surface area (Å²) >= 11 is 0. The normalized spacial score (nSPS) is 10.6. The van der Waals surface area contributed by atoms with Crippen molar-refractivity contribution in [2.24, 2.45) is 0 Å². The van der Waals surface area contributed by atoms with E-state index in [1.807, 2.05) is 31.2 Å². The van der Waals surface area contributed by atoms with Gasteiger partial charge in [0, 0.05) is 23.1 Å². The van der Waals surface area contributed by atoms with E-state index in [9.17, 15) is 4.79 Å². The van der Waals surface area contributed by atoms with E-state index in [0.29, 0.717) is 29.0 Å². The molecule has 2 aromatic carbocycles. The highest BCUT2D eigenvalue weighted by atomic mass is 16.5. The third-order valence-corrected chi connectivity index (χ3v) is 4.25. The Hall–Kier alpha value is -3.41. The van der Waals surface area contributed by atoms with Crippen molar-refractivity contribution in [3.05, 3.63) is 71.5 Å². The van der Waals surface area contributed by atoms with E-state index >= 15 is 0 Å². The predicted molar refractivity (Wildman–Crippen MR) is 112 cm³/mol. The van der Waals surface area contributed by atoms with Crippen LogP contribution in [-0.4, -0.2) is 23.0 Å². The second kappa shape index (κ2) is 8.52. The van der Waals surface area contributed by atoms with Gasteiger partial charge in [0.25, 0.3) is 5.91 Å². The number of nitrogens with zero attached hydrogens (tertiary/aromatic N) is 2. The van der Waals surface area contributed by atoms with Crippen molar-refractivity contribution in [3.8, 4) is 5.75 Å². The molecule has 1 aromatic heterocycles. The fourth-order valence-corrected chi connectivity index (χ4v) is 2.72. The van der Waals surface area contributed by atoms with E-state index in [4.69, 9.17) is 4.74 Å². The summed E-state index contributed by atoms with van der Waals surface area (Å²) < 4.78 is 5.18. The van der Waals surface area contributed by atoms with Crippen LogP contribution in [0.15, 0.2) is 54.6 Å². The molecule has 0 bridgehead atoms. The summed E-state index contributed by atoms with van der Waals surface area (Å²) in [5.74, 6) is 1.21. The average molecular weight is 376 g/mol. The van der Waals surface area contributed by atoms with Gasteiger partial charge in [-0.3, -0.25) is 4.79 Å². The summed E-state index contributed by atoms with van der Waals surface area (Å²) in [6.07, 6.45) is 0. The molecule has 0 fully saturated rings. The number of hydrogen-bond acceptors (Lipinski definition) is 5. The van der Waals surface area contributed by atoms with Crippen molar-refractivity contribution >= 4 is 23.2 Å². The topological polar surface area (TPSA) is 76.1 Å². The molecule has 2 N–H and O–H groups in total. The van der Waals surface area contributed by atoms with E-state index in [2.05, 4.69) is 46.6 Å². The molecule has 0 spiro atoms. The monoisotopic (exact) mass is 376 g/mol. The number of aryl methyl sites for hydroxylation is 1. The quantitative estimate of drug-likeness (QED) is 0.639. The van der Waals surface area contributed by atoms with Crippen LogP contribution in [0.25, 0.3) is 0 Å². The lowest BCUT2D eigenvalue weighted by molar-refractivity contribution is 0.102. The molecule has 0 unspecified atom stereocenters. The Labute approximate surface area is 165 Å². The first-order valence-electron chi connectivity index (χ1n) is 9.12. The maximum absolute atomic E-state index is 12.6. The standard InChI is InChI=1S/C22H24N4O2/c1-14(2)16-8-10-17(11-9-16)25-22-23-15(3)12-20(26-22)21(27)24-18-6-5-7-19(13-18)28-4/h5-14H,1-4H3,(H,24,27)(H,23,25,26). The highest BCUT2D eigenvalue weighted by Gasteiger charge is 2.12. The maximum atomic E-state index is 12.6. The molecule has 6 heteroatoms. The number of carbonyl (C=O) groups excluding carboxylic acids is 1. The van der Waals surface area contributed by atoms with Gasteiger partial charge in [-0.2, -0.15) is 0 Å². The fourth-order valence-electron chi connectivity index (χ4n) is 2.72. The fraction of sp³-hybridized carbons (Fsp3) is 0.227. The summed E-state index contributed by atoms with van der Waals surface area (Å²) in [5, 5.41) is 6.00. The summed E-state index contributed by atoms with van der Waals surface area (Å²) in [7, 11) is 1.58. The zero-order valence-electron chi connectivity index (χ0n) is 16.5. The van der Waals surface area contributed by atoms with Crippen LogP contribution in [0.1, 0.15) is 41.5 Å². The van der Waals surface area contributed by atoms with Crippen LogP contribution in [0.3, 0.4) is 0 Å². The molecule has 0 atom stereocenters. The first kappa shape index (κ1) is 19.4. The van der Waals surface area contributed by atoms with Gasteiger partial charge in [-0.05, 0) is 48.7 Å². The minimum Gasteiger partial charge on any atom is -0.497 e. The highest BCUT2D eigenvalue weighted by Crippen LogP contribution is 2.20. The van der Waals surface area contributed by atoms with Gasteiger partial charge < -0.3 is 15.4 Å². The van der Waals surface area contributed by atoms with Crippen LogP contribution in [0, 0.1) is 6.92 Å². The zero-order valence-corrected chi connectivity index (χ0v) is 16.5. The van der Waals surface area contributed by atoms with Gasteiger partial charge in [-0.15, -0.1) is 0 Å². The van der Waals surface area contributed by atoms with E-state index < -0.39 is 0 Å². The van der Waals surface area contributed by atoms with Gasteiger partial charge in [0.15, 0.2) is 0 Å². The van der Waals surface area contributed by atoms with Crippen LogP contribution >= 0.6 is 0 Å². The summed E-state index contributed by atoms with van der Waals surface area (Å²) in [5.41, 5.74) is 3.76. The zero-order chi connectivity index (χ0) is 20.1. The summed E-state index contributed by atoms with van der Waals surface area (Å²) in [4.78, 5) is 21.4. The van der Waals surface area contributed by atoms with Crippen molar-refractivity contribution in [3.63, 3.8) is 0 Å². The molecular formula is C22H24N4O2. The molecule has 0 aliphatic heterocycles. The number of ether oxygens (including phenoxy) is 1. The Kier molecular flexibility index (Phi) is 5.89. The van der Waals surface area contributed by atoms with Crippen molar-refractivity contribution in [2.45, 2.75) is 26.7 Å². The molecule has 3 aromatic rings. The van der Waals surface area contributed by atoms with Crippen LogP contribution in [0.2, 0.25) is 0 Å². The number of anilines is 3. The lowest BCUT2D eigenvalue weighted by Crippen LogP contribution is -2.15. The largest absolute Gasteiger partial charge is 0.497 e. The van der Waals surface area contributed by atoms with Gasteiger partial charge >= 0.3 is 0 Å². The number of benzene rings is 2. The number of aromatic nitrogens is 2. The lowest BCUT2D eigenvalue weighted by atomic mass is 10.0. The molecule has 1 amide bonds. The van der Waals surface area contributed by atoms with E-state index in [1.165, 1.54) is 5.56 Å². The molecule has 1 heterocycles. The molecule has 6 nitrogen and oxygen atoms in total. The third kappa shape index (κ3) is 4.85. The summed E-state index contributed by atoms with van der Waals surface area (Å²) in [6.45, 7) is 6.13. The second-order valence-corrected chi connectivity index (χ2v) is 6.81. The van der Waals surface area contributed by atoms with E-state index in [-0.39, 0.29) is 11.6 Å². The number of amides is 1. The Morgan fingerprint density at radius 2 is 1.75 bits per heavy atom. The molecule has 0 aliphatic carbocycles. The van der Waals surface area contributed by atoms with E-state index in [1.54, 1.807) is 25.3 Å². The predicted octanol–water partition coefficient (Wildman–Crippen LogP) is 4.91.